The molecule has 0 saturated heterocycles. The number of ether oxygens (including phenoxy) is 1. The Morgan fingerprint density at radius 1 is 1.03 bits per heavy atom. The number of halogens is 6. The maximum Gasteiger partial charge on any atom is 0.417 e. The lowest BCUT2D eigenvalue weighted by Crippen LogP contribution is -2.28. The molecule has 3 rings (SSSR count). The van der Waals surface area contributed by atoms with E-state index in [1.807, 2.05) is 4.90 Å². The Labute approximate surface area is 228 Å². The molecule has 0 unspecified atom stereocenters. The van der Waals surface area contributed by atoms with Crippen LogP contribution in [-0.4, -0.2) is 45.6 Å². The van der Waals surface area contributed by atoms with E-state index < -0.39 is 42.9 Å². The molecule has 0 heterocycles. The zero-order valence-corrected chi connectivity index (χ0v) is 22.3. The molecule has 0 fully saturated rings. The number of hydrogen-bond donors (Lipinski definition) is 0. The number of hydrogen-bond acceptors (Lipinski definition) is 5. The Balaban J connectivity index is 1.73. The molecule has 0 bridgehead atoms. The summed E-state index contributed by atoms with van der Waals surface area (Å²) in [7, 11) is -3.90. The van der Waals surface area contributed by atoms with Crippen LogP contribution in [-0.2, 0) is 29.0 Å². The lowest BCUT2D eigenvalue weighted by atomic mass is 10.1. The van der Waals surface area contributed by atoms with Crippen molar-refractivity contribution in [1.82, 2.24) is 4.90 Å². The van der Waals surface area contributed by atoms with Crippen LogP contribution in [0.3, 0.4) is 0 Å². The van der Waals surface area contributed by atoms with Crippen LogP contribution >= 0.6 is 11.6 Å². The van der Waals surface area contributed by atoms with Crippen LogP contribution in [0, 0.1) is 11.6 Å². The Hall–Kier alpha value is -3.02. The summed E-state index contributed by atoms with van der Waals surface area (Å²) in [5.74, 6) is -1.51. The van der Waals surface area contributed by atoms with Gasteiger partial charge in [-0.2, -0.15) is 13.2 Å². The Morgan fingerprint density at radius 3 is 2.33 bits per heavy atom. The summed E-state index contributed by atoms with van der Waals surface area (Å²) in [6.07, 6.45) is -2.83. The summed E-state index contributed by atoms with van der Waals surface area (Å²) < 4.78 is 96.9. The van der Waals surface area contributed by atoms with E-state index >= 15 is 0 Å². The van der Waals surface area contributed by atoms with E-state index in [1.165, 1.54) is 24.3 Å². The Kier molecular flexibility index (Phi) is 10.1. The van der Waals surface area contributed by atoms with Crippen molar-refractivity contribution in [3.63, 3.8) is 0 Å². The number of rotatable bonds is 12. The molecule has 0 atom stereocenters. The maximum absolute atomic E-state index is 14.3. The summed E-state index contributed by atoms with van der Waals surface area (Å²) in [6, 6.07) is 11.5. The molecule has 5 nitrogen and oxygen atoms in total. The van der Waals surface area contributed by atoms with Crippen LogP contribution in [0.1, 0.15) is 33.5 Å². The first-order valence-electron chi connectivity index (χ1n) is 11.7. The zero-order valence-electron chi connectivity index (χ0n) is 20.8. The van der Waals surface area contributed by atoms with Crippen molar-refractivity contribution in [2.45, 2.75) is 30.5 Å². The first-order chi connectivity index (χ1) is 18.3. The van der Waals surface area contributed by atoms with Crippen molar-refractivity contribution in [3.8, 4) is 5.75 Å². The van der Waals surface area contributed by atoms with Gasteiger partial charge in [-0.1, -0.05) is 35.9 Å². The smallest absolute Gasteiger partial charge is 0.417 e. The standard InChI is InChI=1S/C27H25ClF5NO4S/c1-39(36,37)25-15-21(14-24(30)22(25)17-35)38-13-3-11-34(12-10-18-6-8-20(29)9-7-18)16-19-4-2-5-23(26(19)28)27(31,32)33/h2,4-9,14-15,17H,3,10-13,16H2,1H3. The van der Waals surface area contributed by atoms with Crippen LogP contribution in [0.4, 0.5) is 22.0 Å². The summed E-state index contributed by atoms with van der Waals surface area (Å²) in [5.41, 5.74) is -0.427. The van der Waals surface area contributed by atoms with E-state index in [4.69, 9.17) is 16.3 Å². The third-order valence-corrected chi connectivity index (χ3v) is 7.46. The molecular formula is C27H25ClF5NO4S. The van der Waals surface area contributed by atoms with Crippen molar-refractivity contribution in [2.75, 3.05) is 26.0 Å². The van der Waals surface area contributed by atoms with Crippen LogP contribution in [0.5, 0.6) is 5.75 Å². The molecule has 3 aromatic rings. The molecule has 0 N–H and O–H groups in total. The lowest BCUT2D eigenvalue weighted by Gasteiger charge is -2.24. The van der Waals surface area contributed by atoms with E-state index in [-0.39, 0.29) is 36.6 Å². The second-order valence-corrected chi connectivity index (χ2v) is 11.2. The van der Waals surface area contributed by atoms with E-state index in [0.29, 0.717) is 25.9 Å². The Morgan fingerprint density at radius 2 is 1.72 bits per heavy atom. The largest absolute Gasteiger partial charge is 0.493 e. The monoisotopic (exact) mass is 589 g/mol. The fourth-order valence-electron chi connectivity index (χ4n) is 3.92. The van der Waals surface area contributed by atoms with Gasteiger partial charge in [0, 0.05) is 32.0 Å². The molecule has 39 heavy (non-hydrogen) atoms. The number of nitrogens with zero attached hydrogens (tertiary/aromatic N) is 1. The highest BCUT2D eigenvalue weighted by molar-refractivity contribution is 7.90. The van der Waals surface area contributed by atoms with Gasteiger partial charge in [0.05, 0.1) is 27.7 Å². The van der Waals surface area contributed by atoms with Gasteiger partial charge in [0.15, 0.2) is 16.1 Å². The lowest BCUT2D eigenvalue weighted by molar-refractivity contribution is -0.137. The van der Waals surface area contributed by atoms with Crippen molar-refractivity contribution in [1.29, 1.82) is 0 Å². The highest BCUT2D eigenvalue weighted by Gasteiger charge is 2.34. The molecule has 12 heteroatoms. The van der Waals surface area contributed by atoms with E-state index in [2.05, 4.69) is 0 Å². The van der Waals surface area contributed by atoms with Gasteiger partial charge in [0.1, 0.15) is 17.4 Å². The number of benzene rings is 3. The first kappa shape index (κ1) is 30.5. The molecule has 0 aromatic heterocycles. The third-order valence-electron chi connectivity index (χ3n) is 5.88. The van der Waals surface area contributed by atoms with Crippen molar-refractivity contribution >= 4 is 27.7 Å². The molecule has 0 radical (unpaired) electrons. The molecule has 0 amide bonds. The Bertz CT molecular complexity index is 1410. The van der Waals surface area contributed by atoms with Gasteiger partial charge in [-0.25, -0.2) is 17.2 Å². The molecule has 3 aromatic carbocycles. The van der Waals surface area contributed by atoms with Gasteiger partial charge >= 0.3 is 6.18 Å². The normalized spacial score (nSPS) is 12.1. The van der Waals surface area contributed by atoms with Crippen molar-refractivity contribution in [3.05, 3.63) is 93.5 Å². The highest BCUT2D eigenvalue weighted by atomic mass is 35.5. The van der Waals surface area contributed by atoms with Gasteiger partial charge in [-0.3, -0.25) is 9.69 Å². The first-order valence-corrected chi connectivity index (χ1v) is 14.0. The maximum atomic E-state index is 14.3. The van der Waals surface area contributed by atoms with Gasteiger partial charge in [0.2, 0.25) is 0 Å². The number of carbonyl (C=O) groups excluding carboxylic acids is 1. The molecule has 0 spiro atoms. The average molecular weight is 590 g/mol. The summed E-state index contributed by atoms with van der Waals surface area (Å²) in [4.78, 5) is 12.5. The number of aldehydes is 1. The van der Waals surface area contributed by atoms with E-state index in [1.54, 1.807) is 12.1 Å². The predicted molar refractivity (Wildman–Crippen MR) is 137 cm³/mol. The summed E-state index contributed by atoms with van der Waals surface area (Å²) >= 11 is 6.08. The van der Waals surface area contributed by atoms with Crippen molar-refractivity contribution < 1.29 is 39.9 Å². The predicted octanol–water partition coefficient (Wildman–Crippen LogP) is 6.37. The van der Waals surface area contributed by atoms with Gasteiger partial charge in [-0.05, 0) is 48.2 Å². The van der Waals surface area contributed by atoms with Crippen LogP contribution in [0.2, 0.25) is 5.02 Å². The molecule has 0 aliphatic carbocycles. The molecule has 0 aliphatic rings. The van der Waals surface area contributed by atoms with E-state index in [9.17, 15) is 35.2 Å². The van der Waals surface area contributed by atoms with E-state index in [0.717, 1.165) is 30.0 Å². The highest BCUT2D eigenvalue weighted by Crippen LogP contribution is 2.36. The van der Waals surface area contributed by atoms with Crippen LogP contribution in [0.15, 0.2) is 59.5 Å². The molecule has 0 saturated carbocycles. The number of sulfone groups is 1. The molecular weight excluding hydrogens is 565 g/mol. The molecule has 210 valence electrons. The fraction of sp³-hybridized carbons (Fsp3) is 0.296. The minimum atomic E-state index is -4.61. The minimum Gasteiger partial charge on any atom is -0.493 e. The fourth-order valence-corrected chi connectivity index (χ4v) is 5.09. The summed E-state index contributed by atoms with van der Waals surface area (Å²) in [5, 5.41) is -0.396. The van der Waals surface area contributed by atoms with Gasteiger partial charge < -0.3 is 4.74 Å². The van der Waals surface area contributed by atoms with Crippen molar-refractivity contribution in [2.24, 2.45) is 0 Å². The minimum absolute atomic E-state index is 0.0203. The second-order valence-electron chi connectivity index (χ2n) is 8.84. The van der Waals surface area contributed by atoms with Gasteiger partial charge in [-0.15, -0.1) is 0 Å². The quantitative estimate of drug-likeness (QED) is 0.140. The van der Waals surface area contributed by atoms with Crippen LogP contribution in [0.25, 0.3) is 0 Å². The topological polar surface area (TPSA) is 63.7 Å². The second kappa shape index (κ2) is 12.9. The SMILES string of the molecule is CS(=O)(=O)c1cc(OCCCN(CCc2ccc(F)cc2)Cc2cccc(C(F)(F)F)c2Cl)cc(F)c1C=O. The average Bonchev–Trinajstić information content (AvgIpc) is 2.85. The van der Waals surface area contributed by atoms with Crippen LogP contribution < -0.4 is 4.74 Å². The number of alkyl halides is 3. The third kappa shape index (κ3) is 8.48. The molecule has 0 aliphatic heterocycles. The zero-order chi connectivity index (χ0) is 28.8. The van der Waals surface area contributed by atoms with Gasteiger partial charge in [0.25, 0.3) is 0 Å². The number of carbonyl (C=O) groups is 1. The summed E-state index contributed by atoms with van der Waals surface area (Å²) in [6.45, 7) is 0.845.